The minimum absolute atomic E-state index is 0.00223. The van der Waals surface area contributed by atoms with Crippen LogP contribution in [-0.2, 0) is 9.53 Å². The number of carbonyl (C=O) groups excluding carboxylic acids is 1. The lowest BCUT2D eigenvalue weighted by Gasteiger charge is -2.37. The maximum atomic E-state index is 12.3. The van der Waals surface area contributed by atoms with E-state index in [0.29, 0.717) is 32.8 Å². The number of rotatable bonds is 7. The van der Waals surface area contributed by atoms with Gasteiger partial charge in [0.25, 0.3) is 11.6 Å². The van der Waals surface area contributed by atoms with Crippen LogP contribution >= 0.6 is 0 Å². The smallest absolute Gasteiger partial charge is 0.269 e. The molecule has 2 rings (SSSR count). The van der Waals surface area contributed by atoms with Crippen LogP contribution in [0.25, 0.3) is 0 Å². The van der Waals surface area contributed by atoms with Crippen molar-refractivity contribution in [2.24, 2.45) is 0 Å². The number of ether oxygens (including phenoxy) is 1. The van der Waals surface area contributed by atoms with Gasteiger partial charge in [-0.2, -0.15) is 0 Å². The van der Waals surface area contributed by atoms with Crippen LogP contribution in [0.5, 0.6) is 0 Å². The van der Waals surface area contributed by atoms with Gasteiger partial charge < -0.3 is 14.5 Å². The Labute approximate surface area is 141 Å². The largest absolute Gasteiger partial charge is 0.368 e. The highest BCUT2D eigenvalue weighted by Crippen LogP contribution is 2.20. The first-order valence-electron chi connectivity index (χ1n) is 8.03. The van der Waals surface area contributed by atoms with Gasteiger partial charge in [0.2, 0.25) is 0 Å². The SMILES string of the molecule is C=CCCOC(C)C(=O)N1CCN(c2ccc([N+](=O)[O-])cc2)CC1. The molecule has 0 saturated carbocycles. The number of carbonyl (C=O) groups is 1. The van der Waals surface area contributed by atoms with Crippen molar-refractivity contribution in [3.63, 3.8) is 0 Å². The number of anilines is 1. The molecule has 1 fully saturated rings. The van der Waals surface area contributed by atoms with E-state index in [2.05, 4.69) is 11.5 Å². The van der Waals surface area contributed by atoms with Crippen LogP contribution in [0.15, 0.2) is 36.9 Å². The monoisotopic (exact) mass is 333 g/mol. The van der Waals surface area contributed by atoms with Gasteiger partial charge in [0.05, 0.1) is 11.5 Å². The number of nitrogens with zero attached hydrogens (tertiary/aromatic N) is 3. The molecule has 7 nitrogen and oxygen atoms in total. The summed E-state index contributed by atoms with van der Waals surface area (Å²) in [6, 6.07) is 6.50. The number of hydrogen-bond acceptors (Lipinski definition) is 5. The number of amides is 1. The second-order valence-corrected chi connectivity index (χ2v) is 5.68. The van der Waals surface area contributed by atoms with E-state index in [9.17, 15) is 14.9 Å². The van der Waals surface area contributed by atoms with Crippen molar-refractivity contribution in [2.45, 2.75) is 19.4 Å². The molecule has 1 heterocycles. The Morgan fingerprint density at radius 1 is 1.33 bits per heavy atom. The van der Waals surface area contributed by atoms with Crippen LogP contribution in [0.4, 0.5) is 11.4 Å². The van der Waals surface area contributed by atoms with Crippen LogP contribution in [0.2, 0.25) is 0 Å². The summed E-state index contributed by atoms with van der Waals surface area (Å²) in [6.07, 6.45) is 2.04. The topological polar surface area (TPSA) is 75.9 Å². The molecule has 1 atom stereocenters. The van der Waals surface area contributed by atoms with Crippen LogP contribution in [0, 0.1) is 10.1 Å². The Morgan fingerprint density at radius 3 is 2.50 bits per heavy atom. The summed E-state index contributed by atoms with van der Waals surface area (Å²) in [6.45, 7) is 8.52. The van der Waals surface area contributed by atoms with Gasteiger partial charge >= 0.3 is 0 Å². The molecule has 0 aliphatic carbocycles. The average Bonchev–Trinajstić information content (AvgIpc) is 2.61. The van der Waals surface area contributed by atoms with Crippen LogP contribution in [-0.4, -0.2) is 54.6 Å². The van der Waals surface area contributed by atoms with E-state index in [1.165, 1.54) is 12.1 Å². The first kappa shape index (κ1) is 17.9. The lowest BCUT2D eigenvalue weighted by atomic mass is 10.2. The van der Waals surface area contributed by atoms with Gasteiger partial charge in [0, 0.05) is 44.0 Å². The molecule has 1 amide bonds. The predicted octanol–water partition coefficient (Wildman–Crippen LogP) is 2.22. The molecule has 0 radical (unpaired) electrons. The standard InChI is InChI=1S/C17H23N3O4/c1-3-4-13-24-14(2)17(21)19-11-9-18(10-12-19)15-5-7-16(8-6-15)20(22)23/h3,5-8,14H,1,4,9-13H2,2H3. The van der Waals surface area contributed by atoms with Crippen LogP contribution in [0.3, 0.4) is 0 Å². The Hall–Kier alpha value is -2.41. The first-order chi connectivity index (χ1) is 11.5. The van der Waals surface area contributed by atoms with Crippen molar-refractivity contribution in [3.8, 4) is 0 Å². The van der Waals surface area contributed by atoms with Gasteiger partial charge in [0.15, 0.2) is 0 Å². The molecule has 1 aromatic rings. The second-order valence-electron chi connectivity index (χ2n) is 5.68. The van der Waals surface area contributed by atoms with Crippen molar-refractivity contribution < 1.29 is 14.5 Å². The molecule has 0 bridgehead atoms. The second kappa shape index (κ2) is 8.44. The van der Waals surface area contributed by atoms with E-state index < -0.39 is 11.0 Å². The summed E-state index contributed by atoms with van der Waals surface area (Å²) in [5.74, 6) is 0.00223. The summed E-state index contributed by atoms with van der Waals surface area (Å²) in [4.78, 5) is 26.6. The number of benzene rings is 1. The van der Waals surface area contributed by atoms with E-state index >= 15 is 0 Å². The molecular weight excluding hydrogens is 310 g/mol. The molecule has 1 unspecified atom stereocenters. The molecule has 7 heteroatoms. The van der Waals surface area contributed by atoms with Gasteiger partial charge in [-0.05, 0) is 25.5 Å². The molecule has 1 aromatic carbocycles. The van der Waals surface area contributed by atoms with Crippen LogP contribution in [0.1, 0.15) is 13.3 Å². The van der Waals surface area contributed by atoms with Gasteiger partial charge in [-0.25, -0.2) is 0 Å². The number of piperazine rings is 1. The fourth-order valence-corrected chi connectivity index (χ4v) is 2.63. The van der Waals surface area contributed by atoms with E-state index in [4.69, 9.17) is 4.74 Å². The lowest BCUT2D eigenvalue weighted by molar-refractivity contribution is -0.384. The fraction of sp³-hybridized carbons (Fsp3) is 0.471. The summed E-state index contributed by atoms with van der Waals surface area (Å²) < 4.78 is 5.50. The van der Waals surface area contributed by atoms with Gasteiger partial charge in [-0.3, -0.25) is 14.9 Å². The predicted molar refractivity (Wildman–Crippen MR) is 92.1 cm³/mol. The van der Waals surface area contributed by atoms with E-state index in [1.807, 2.05) is 0 Å². The van der Waals surface area contributed by atoms with E-state index in [-0.39, 0.29) is 11.6 Å². The lowest BCUT2D eigenvalue weighted by Crippen LogP contribution is -2.51. The summed E-state index contributed by atoms with van der Waals surface area (Å²) >= 11 is 0. The van der Waals surface area contributed by atoms with Gasteiger partial charge in [-0.15, -0.1) is 6.58 Å². The van der Waals surface area contributed by atoms with Crippen molar-refractivity contribution in [1.82, 2.24) is 4.90 Å². The summed E-state index contributed by atoms with van der Waals surface area (Å²) in [5, 5.41) is 10.7. The molecule has 0 N–H and O–H groups in total. The van der Waals surface area contributed by atoms with Crippen LogP contribution < -0.4 is 4.90 Å². The van der Waals surface area contributed by atoms with Crippen molar-refractivity contribution >= 4 is 17.3 Å². The molecule has 0 aromatic heterocycles. The first-order valence-corrected chi connectivity index (χ1v) is 8.03. The highest BCUT2D eigenvalue weighted by atomic mass is 16.6. The molecule has 1 saturated heterocycles. The maximum absolute atomic E-state index is 12.3. The number of nitro groups is 1. The third-order valence-corrected chi connectivity index (χ3v) is 4.05. The zero-order valence-electron chi connectivity index (χ0n) is 13.9. The molecule has 0 spiro atoms. The van der Waals surface area contributed by atoms with Crippen molar-refractivity contribution in [1.29, 1.82) is 0 Å². The molecule has 1 aliphatic heterocycles. The Bertz CT molecular complexity index is 580. The third kappa shape index (κ3) is 4.55. The maximum Gasteiger partial charge on any atom is 0.269 e. The average molecular weight is 333 g/mol. The molecular formula is C17H23N3O4. The van der Waals surface area contributed by atoms with Crippen molar-refractivity contribution in [2.75, 3.05) is 37.7 Å². The Balaban J connectivity index is 1.85. The molecule has 1 aliphatic rings. The Kier molecular flexibility index (Phi) is 6.31. The highest BCUT2D eigenvalue weighted by Gasteiger charge is 2.25. The summed E-state index contributed by atoms with van der Waals surface area (Å²) in [5.41, 5.74) is 1.01. The quantitative estimate of drug-likeness (QED) is 0.331. The number of nitro benzene ring substituents is 1. The third-order valence-electron chi connectivity index (χ3n) is 4.05. The normalized spacial score (nSPS) is 15.9. The zero-order chi connectivity index (χ0) is 17.5. The molecule has 24 heavy (non-hydrogen) atoms. The molecule has 130 valence electrons. The van der Waals surface area contributed by atoms with Crippen molar-refractivity contribution in [3.05, 3.63) is 47.0 Å². The Morgan fingerprint density at radius 2 is 1.96 bits per heavy atom. The number of non-ortho nitro benzene ring substituents is 1. The minimum atomic E-state index is -0.448. The fourth-order valence-electron chi connectivity index (χ4n) is 2.63. The highest BCUT2D eigenvalue weighted by molar-refractivity contribution is 5.80. The van der Waals surface area contributed by atoms with E-state index in [1.54, 1.807) is 30.0 Å². The zero-order valence-corrected chi connectivity index (χ0v) is 13.9. The van der Waals surface area contributed by atoms with E-state index in [0.717, 1.165) is 12.1 Å². The minimum Gasteiger partial charge on any atom is -0.368 e. The summed E-state index contributed by atoms with van der Waals surface area (Å²) in [7, 11) is 0. The number of hydrogen-bond donors (Lipinski definition) is 0. The van der Waals surface area contributed by atoms with Gasteiger partial charge in [-0.1, -0.05) is 6.08 Å². The van der Waals surface area contributed by atoms with Gasteiger partial charge in [0.1, 0.15) is 6.10 Å².